The molecule has 48 valence electrons. The van der Waals surface area contributed by atoms with Gasteiger partial charge in [-0.1, -0.05) is 0 Å². The van der Waals surface area contributed by atoms with Crippen LogP contribution in [0, 0.1) is 0 Å². The van der Waals surface area contributed by atoms with Crippen LogP contribution >= 0.6 is 34.0 Å². The Morgan fingerprint density at radius 2 is 0.714 bits per heavy atom. The molecular formula is C2H10Br2HfO2. The van der Waals surface area contributed by atoms with E-state index in [9.17, 15) is 0 Å². The minimum atomic E-state index is 0. The molecule has 0 aromatic rings. The number of hydrogen-bond donors (Lipinski definition) is 2. The van der Waals surface area contributed by atoms with Crippen molar-refractivity contribution in [3.05, 3.63) is 0 Å². The van der Waals surface area contributed by atoms with Crippen molar-refractivity contribution in [3.8, 4) is 0 Å². The molecule has 0 saturated heterocycles. The van der Waals surface area contributed by atoms with E-state index in [-0.39, 0.29) is 59.8 Å². The molecule has 5 heteroatoms. The van der Waals surface area contributed by atoms with Crippen LogP contribution in [0.25, 0.3) is 0 Å². The van der Waals surface area contributed by atoms with Crippen molar-refractivity contribution in [3.63, 3.8) is 0 Å². The Hall–Kier alpha value is 1.75. The Labute approximate surface area is 83.6 Å². The summed E-state index contributed by atoms with van der Waals surface area (Å²) in [7, 11) is 2.00. The predicted octanol–water partition coefficient (Wildman–Crippen LogP) is 0.370. The van der Waals surface area contributed by atoms with Gasteiger partial charge in [0.15, 0.2) is 0 Å². The Morgan fingerprint density at radius 1 is 0.714 bits per heavy atom. The van der Waals surface area contributed by atoms with Gasteiger partial charge in [-0.05, 0) is 0 Å². The van der Waals surface area contributed by atoms with Crippen LogP contribution in [-0.2, 0) is 25.8 Å². The van der Waals surface area contributed by atoms with Gasteiger partial charge in [0, 0.05) is 40.1 Å². The first-order valence-electron chi connectivity index (χ1n) is 0.894. The zero-order chi connectivity index (χ0) is 4.00. The molecule has 0 aliphatic heterocycles. The van der Waals surface area contributed by atoms with E-state index in [1.165, 1.54) is 0 Å². The normalized spacial score (nSPS) is 1.71. The van der Waals surface area contributed by atoms with Gasteiger partial charge in [0.05, 0.1) is 0 Å². The first-order chi connectivity index (χ1) is 2.00. The van der Waals surface area contributed by atoms with Gasteiger partial charge in [0.25, 0.3) is 0 Å². The molecular weight excluding hydrogens is 394 g/mol. The van der Waals surface area contributed by atoms with Gasteiger partial charge in [-0.15, -0.1) is 34.0 Å². The average Bonchev–Trinajstić information content (AvgIpc) is 1.50. The smallest absolute Gasteiger partial charge is 0.0319 e. The third-order valence-corrected chi connectivity index (χ3v) is 0. The minimum Gasteiger partial charge on any atom is -0.400 e. The molecule has 0 aromatic heterocycles. The molecule has 7 heavy (non-hydrogen) atoms. The fraction of sp³-hybridized carbons (Fsp3) is 1.00. The fourth-order valence-corrected chi connectivity index (χ4v) is 0. The molecule has 2 N–H and O–H groups in total. The van der Waals surface area contributed by atoms with Crippen LogP contribution in [0.2, 0.25) is 0 Å². The van der Waals surface area contributed by atoms with E-state index in [1.54, 1.807) is 0 Å². The van der Waals surface area contributed by atoms with E-state index < -0.39 is 0 Å². The van der Waals surface area contributed by atoms with Crippen molar-refractivity contribution in [1.29, 1.82) is 0 Å². The van der Waals surface area contributed by atoms with Crippen molar-refractivity contribution in [2.24, 2.45) is 0 Å². The van der Waals surface area contributed by atoms with Gasteiger partial charge in [0.1, 0.15) is 0 Å². The number of aliphatic hydroxyl groups excluding tert-OH is 2. The molecule has 0 rings (SSSR count). The van der Waals surface area contributed by atoms with Gasteiger partial charge >= 0.3 is 0 Å². The molecule has 0 unspecified atom stereocenters. The number of aliphatic hydroxyl groups is 2. The average molecular weight is 404 g/mol. The maximum Gasteiger partial charge on any atom is 0.0319 e. The first kappa shape index (κ1) is 37.4. The molecule has 2 nitrogen and oxygen atoms in total. The molecule has 0 aliphatic rings. The third kappa shape index (κ3) is 83.7. The van der Waals surface area contributed by atoms with Crippen molar-refractivity contribution < 1.29 is 36.1 Å². The van der Waals surface area contributed by atoms with Crippen molar-refractivity contribution in [1.82, 2.24) is 0 Å². The maximum atomic E-state index is 7.00. The first-order valence-corrected chi connectivity index (χ1v) is 0.894. The van der Waals surface area contributed by atoms with E-state index >= 15 is 0 Å². The number of halogens is 2. The van der Waals surface area contributed by atoms with Crippen LogP contribution in [-0.4, -0.2) is 24.4 Å². The summed E-state index contributed by atoms with van der Waals surface area (Å²) >= 11 is 0. The monoisotopic (exact) mass is 404 g/mol. The van der Waals surface area contributed by atoms with Crippen LogP contribution in [0.5, 0.6) is 0 Å². The Kier molecular flexibility index (Phi) is 616. The second-order valence-electron chi connectivity index (χ2n) is 0. The number of rotatable bonds is 0. The minimum absolute atomic E-state index is 0. The van der Waals surface area contributed by atoms with Gasteiger partial charge in [0.2, 0.25) is 0 Å². The van der Waals surface area contributed by atoms with Crippen molar-refractivity contribution in [2.75, 3.05) is 14.2 Å². The third-order valence-electron chi connectivity index (χ3n) is 0. The zero-order valence-electron chi connectivity index (χ0n) is 4.21. The summed E-state index contributed by atoms with van der Waals surface area (Å²) in [6, 6.07) is 0. The van der Waals surface area contributed by atoms with E-state index in [4.69, 9.17) is 10.2 Å². The van der Waals surface area contributed by atoms with Crippen LogP contribution in [0.3, 0.4) is 0 Å². The molecule has 0 spiro atoms. The second-order valence-corrected chi connectivity index (χ2v) is 0. The quantitative estimate of drug-likeness (QED) is 0.573. The van der Waals surface area contributed by atoms with Gasteiger partial charge in [-0.2, -0.15) is 0 Å². The largest absolute Gasteiger partial charge is 0.400 e. The molecule has 0 aliphatic carbocycles. The van der Waals surface area contributed by atoms with Crippen molar-refractivity contribution in [2.45, 2.75) is 0 Å². The predicted molar refractivity (Wildman–Crippen MR) is 36.9 cm³/mol. The summed E-state index contributed by atoms with van der Waals surface area (Å²) < 4.78 is 0. The molecule has 0 bridgehead atoms. The number of hydrogen-bond acceptors (Lipinski definition) is 2. The van der Waals surface area contributed by atoms with Crippen LogP contribution in [0.1, 0.15) is 0 Å². The zero-order valence-corrected chi connectivity index (χ0v) is 11.2. The maximum absolute atomic E-state index is 7.00. The van der Waals surface area contributed by atoms with E-state index in [2.05, 4.69) is 0 Å². The van der Waals surface area contributed by atoms with Crippen LogP contribution in [0.4, 0.5) is 0 Å². The Bertz CT molecular complexity index is 13.7. The van der Waals surface area contributed by atoms with E-state index in [0.717, 1.165) is 14.2 Å². The molecule has 0 saturated carbocycles. The topological polar surface area (TPSA) is 40.5 Å². The van der Waals surface area contributed by atoms with Crippen LogP contribution in [0.15, 0.2) is 0 Å². The summed E-state index contributed by atoms with van der Waals surface area (Å²) in [6.45, 7) is 0. The van der Waals surface area contributed by atoms with Crippen LogP contribution < -0.4 is 0 Å². The summed E-state index contributed by atoms with van der Waals surface area (Å²) in [5.74, 6) is 0. The van der Waals surface area contributed by atoms with Gasteiger partial charge in [-0.25, -0.2) is 0 Å². The molecule has 0 radical (unpaired) electrons. The second kappa shape index (κ2) is 115. The molecule has 0 atom stereocenters. The molecule has 0 heterocycles. The summed E-state index contributed by atoms with van der Waals surface area (Å²) in [5.41, 5.74) is 0. The Morgan fingerprint density at radius 3 is 0.714 bits per heavy atom. The van der Waals surface area contributed by atoms with E-state index in [0.29, 0.717) is 0 Å². The van der Waals surface area contributed by atoms with Gasteiger partial charge in [-0.3, -0.25) is 0 Å². The molecule has 0 fully saturated rings. The van der Waals surface area contributed by atoms with Crippen molar-refractivity contribution >= 4 is 34.0 Å². The SMILES string of the molecule is Br.Br.CO.CO.[Hf]. The van der Waals surface area contributed by atoms with Gasteiger partial charge < -0.3 is 10.2 Å². The summed E-state index contributed by atoms with van der Waals surface area (Å²) in [4.78, 5) is 0. The standard InChI is InChI=1S/2CH4O.2BrH.Hf/c2*1-2;;;/h2*2H,1H3;2*1H;. The van der Waals surface area contributed by atoms with E-state index in [1.807, 2.05) is 0 Å². The Balaban J connectivity index is -0.00000000267. The molecule has 0 aromatic carbocycles. The summed E-state index contributed by atoms with van der Waals surface area (Å²) in [5, 5.41) is 14.0. The fourth-order valence-electron chi connectivity index (χ4n) is 0. The molecule has 0 amide bonds. The summed E-state index contributed by atoms with van der Waals surface area (Å²) in [6.07, 6.45) is 0.